The van der Waals surface area contributed by atoms with E-state index in [-0.39, 0.29) is 12.0 Å². The van der Waals surface area contributed by atoms with Gasteiger partial charge in [0.25, 0.3) is 5.91 Å². The van der Waals surface area contributed by atoms with E-state index in [0.29, 0.717) is 12.1 Å². The first kappa shape index (κ1) is 16.7. The molecule has 0 saturated carbocycles. The van der Waals surface area contributed by atoms with E-state index in [9.17, 15) is 4.79 Å². The van der Waals surface area contributed by atoms with Gasteiger partial charge in [-0.1, -0.05) is 17.3 Å². The van der Waals surface area contributed by atoms with E-state index in [2.05, 4.69) is 10.1 Å². The van der Waals surface area contributed by atoms with Crippen LogP contribution in [-0.2, 0) is 4.84 Å². The fraction of sp³-hybridized carbons (Fsp3) is 0.278. The summed E-state index contributed by atoms with van der Waals surface area (Å²) in [6.07, 6.45) is 5.05. The highest BCUT2D eigenvalue weighted by molar-refractivity contribution is 6.06. The largest absolute Gasteiger partial charge is 0.393 e. The molecule has 1 aromatic carbocycles. The number of pyridine rings is 1. The van der Waals surface area contributed by atoms with Crippen molar-refractivity contribution in [2.45, 2.75) is 26.9 Å². The van der Waals surface area contributed by atoms with E-state index in [1.165, 1.54) is 0 Å². The highest BCUT2D eigenvalue weighted by atomic mass is 16.6. The minimum Gasteiger partial charge on any atom is -0.393 e. The number of oxime groups is 1. The van der Waals surface area contributed by atoms with Crippen LogP contribution in [0.1, 0.15) is 36.7 Å². The standard InChI is InChI=1S/C18H21N3O2/c1-4-21(17-6-5-11-19-13-17)18(22)16-9-7-15(8-10-16)12-20-23-14(2)3/h5-14H,4H2,1-3H3. The summed E-state index contributed by atoms with van der Waals surface area (Å²) in [5.41, 5.74) is 2.29. The average Bonchev–Trinajstić information content (AvgIpc) is 2.57. The molecule has 1 aromatic heterocycles. The third-order valence-electron chi connectivity index (χ3n) is 3.15. The SMILES string of the molecule is CCN(C(=O)c1ccc(C=NOC(C)C)cc1)c1cccnc1. The number of hydrogen-bond donors (Lipinski definition) is 0. The molecule has 2 rings (SSSR count). The number of aromatic nitrogens is 1. The van der Waals surface area contributed by atoms with Crippen LogP contribution in [0.4, 0.5) is 5.69 Å². The van der Waals surface area contributed by atoms with Crippen LogP contribution < -0.4 is 4.90 Å². The van der Waals surface area contributed by atoms with Crippen molar-refractivity contribution in [3.05, 3.63) is 59.9 Å². The highest BCUT2D eigenvalue weighted by Crippen LogP contribution is 2.15. The van der Waals surface area contributed by atoms with E-state index >= 15 is 0 Å². The predicted octanol–water partition coefficient (Wildman–Crippen LogP) is 3.51. The number of anilines is 1. The predicted molar refractivity (Wildman–Crippen MR) is 91.8 cm³/mol. The smallest absolute Gasteiger partial charge is 0.258 e. The molecular weight excluding hydrogens is 290 g/mol. The molecule has 0 fully saturated rings. The van der Waals surface area contributed by atoms with E-state index in [4.69, 9.17) is 4.84 Å². The quantitative estimate of drug-likeness (QED) is 0.606. The topological polar surface area (TPSA) is 54.8 Å². The van der Waals surface area contributed by atoms with Crippen LogP contribution in [0.25, 0.3) is 0 Å². The van der Waals surface area contributed by atoms with Crippen molar-refractivity contribution < 1.29 is 9.63 Å². The first-order valence-corrected chi connectivity index (χ1v) is 7.63. The lowest BCUT2D eigenvalue weighted by Gasteiger charge is -2.20. The van der Waals surface area contributed by atoms with Gasteiger partial charge in [-0.2, -0.15) is 0 Å². The van der Waals surface area contributed by atoms with Crippen molar-refractivity contribution in [2.75, 3.05) is 11.4 Å². The number of benzene rings is 1. The molecular formula is C18H21N3O2. The number of nitrogens with zero attached hydrogens (tertiary/aromatic N) is 3. The lowest BCUT2D eigenvalue weighted by molar-refractivity contribution is 0.0873. The molecule has 120 valence electrons. The maximum Gasteiger partial charge on any atom is 0.258 e. The van der Waals surface area contributed by atoms with Crippen molar-refractivity contribution in [1.82, 2.24) is 4.98 Å². The van der Waals surface area contributed by atoms with Crippen LogP contribution in [0.15, 0.2) is 53.9 Å². The van der Waals surface area contributed by atoms with Gasteiger partial charge in [0.15, 0.2) is 0 Å². The Hall–Kier alpha value is -2.69. The molecule has 23 heavy (non-hydrogen) atoms. The Labute approximate surface area is 136 Å². The van der Waals surface area contributed by atoms with Crippen molar-refractivity contribution in [1.29, 1.82) is 0 Å². The second-order valence-electron chi connectivity index (χ2n) is 5.27. The molecule has 2 aromatic rings. The van der Waals surface area contributed by atoms with E-state index in [1.54, 1.807) is 35.6 Å². The molecule has 0 aliphatic heterocycles. The Morgan fingerprint density at radius 3 is 2.61 bits per heavy atom. The minimum atomic E-state index is -0.0533. The van der Waals surface area contributed by atoms with Gasteiger partial charge >= 0.3 is 0 Å². The zero-order valence-electron chi connectivity index (χ0n) is 13.6. The third-order valence-corrected chi connectivity index (χ3v) is 3.15. The molecule has 5 heteroatoms. The molecule has 0 aliphatic carbocycles. The van der Waals surface area contributed by atoms with Crippen molar-refractivity contribution in [2.24, 2.45) is 5.16 Å². The van der Waals surface area contributed by atoms with Gasteiger partial charge in [0.2, 0.25) is 0 Å². The molecule has 1 amide bonds. The van der Waals surface area contributed by atoms with E-state index in [1.807, 2.05) is 45.0 Å². The van der Waals surface area contributed by atoms with Gasteiger partial charge < -0.3 is 9.74 Å². The maximum absolute atomic E-state index is 12.6. The Bertz CT molecular complexity index is 652. The van der Waals surface area contributed by atoms with E-state index in [0.717, 1.165) is 11.3 Å². The van der Waals surface area contributed by atoms with Gasteiger partial charge in [-0.3, -0.25) is 9.78 Å². The zero-order valence-corrected chi connectivity index (χ0v) is 13.6. The van der Waals surface area contributed by atoms with Crippen LogP contribution in [-0.4, -0.2) is 29.8 Å². The van der Waals surface area contributed by atoms with Crippen LogP contribution >= 0.6 is 0 Å². The fourth-order valence-electron chi connectivity index (χ4n) is 2.04. The highest BCUT2D eigenvalue weighted by Gasteiger charge is 2.15. The van der Waals surface area contributed by atoms with Gasteiger partial charge in [-0.25, -0.2) is 0 Å². The molecule has 0 spiro atoms. The number of hydrogen-bond acceptors (Lipinski definition) is 4. The normalized spacial score (nSPS) is 11.0. The molecule has 0 aliphatic rings. The van der Waals surface area contributed by atoms with Crippen molar-refractivity contribution in [3.8, 4) is 0 Å². The number of carbonyl (C=O) groups is 1. The molecule has 0 unspecified atom stereocenters. The lowest BCUT2D eigenvalue weighted by atomic mass is 10.1. The lowest BCUT2D eigenvalue weighted by Crippen LogP contribution is -2.30. The molecule has 0 N–H and O–H groups in total. The van der Waals surface area contributed by atoms with Crippen LogP contribution in [0.2, 0.25) is 0 Å². The zero-order chi connectivity index (χ0) is 16.7. The fourth-order valence-corrected chi connectivity index (χ4v) is 2.04. The Balaban J connectivity index is 2.11. The maximum atomic E-state index is 12.6. The second-order valence-corrected chi connectivity index (χ2v) is 5.27. The molecule has 0 saturated heterocycles. The summed E-state index contributed by atoms with van der Waals surface area (Å²) in [4.78, 5) is 23.5. The monoisotopic (exact) mass is 311 g/mol. The van der Waals surface area contributed by atoms with Gasteiger partial charge in [-0.15, -0.1) is 0 Å². The van der Waals surface area contributed by atoms with Gasteiger partial charge in [0.05, 0.1) is 18.1 Å². The van der Waals surface area contributed by atoms with Crippen LogP contribution in [0.3, 0.4) is 0 Å². The Morgan fingerprint density at radius 2 is 2.04 bits per heavy atom. The first-order chi connectivity index (χ1) is 11.1. The molecule has 0 bridgehead atoms. The summed E-state index contributed by atoms with van der Waals surface area (Å²) in [5, 5.41) is 3.89. The Kier molecular flexibility index (Phi) is 5.86. The minimum absolute atomic E-state index is 0.0460. The summed E-state index contributed by atoms with van der Waals surface area (Å²) in [5.74, 6) is -0.0533. The van der Waals surface area contributed by atoms with Crippen LogP contribution in [0, 0.1) is 0 Å². The van der Waals surface area contributed by atoms with Gasteiger partial charge in [0, 0.05) is 18.3 Å². The third kappa shape index (κ3) is 4.64. The molecule has 5 nitrogen and oxygen atoms in total. The summed E-state index contributed by atoms with van der Waals surface area (Å²) in [6, 6.07) is 11.0. The molecule has 0 radical (unpaired) electrons. The van der Waals surface area contributed by atoms with Crippen LogP contribution in [0.5, 0.6) is 0 Å². The first-order valence-electron chi connectivity index (χ1n) is 7.63. The molecule has 1 heterocycles. The number of amides is 1. The summed E-state index contributed by atoms with van der Waals surface area (Å²) in [7, 11) is 0. The van der Waals surface area contributed by atoms with Crippen molar-refractivity contribution >= 4 is 17.8 Å². The van der Waals surface area contributed by atoms with Gasteiger partial charge in [-0.05, 0) is 50.6 Å². The average molecular weight is 311 g/mol. The number of rotatable bonds is 6. The van der Waals surface area contributed by atoms with E-state index < -0.39 is 0 Å². The Morgan fingerprint density at radius 1 is 1.30 bits per heavy atom. The summed E-state index contributed by atoms with van der Waals surface area (Å²) in [6.45, 7) is 6.35. The number of carbonyl (C=O) groups excluding carboxylic acids is 1. The second kappa shape index (κ2) is 8.08. The summed E-state index contributed by atoms with van der Waals surface area (Å²) < 4.78 is 0. The summed E-state index contributed by atoms with van der Waals surface area (Å²) >= 11 is 0. The molecule has 0 atom stereocenters. The van der Waals surface area contributed by atoms with Crippen molar-refractivity contribution in [3.63, 3.8) is 0 Å². The van der Waals surface area contributed by atoms with Gasteiger partial charge in [0.1, 0.15) is 6.10 Å².